The van der Waals surface area contributed by atoms with Crippen LogP contribution in [0.3, 0.4) is 0 Å². The molecule has 0 amide bonds. The summed E-state index contributed by atoms with van der Waals surface area (Å²) in [6, 6.07) is 13.7. The normalized spacial score (nSPS) is 15.2. The van der Waals surface area contributed by atoms with Crippen LogP contribution in [0, 0.1) is 0 Å². The molecule has 1 aliphatic rings. The van der Waals surface area contributed by atoms with E-state index >= 15 is 0 Å². The van der Waals surface area contributed by atoms with Crippen molar-refractivity contribution < 1.29 is 22.7 Å². The van der Waals surface area contributed by atoms with Gasteiger partial charge >= 0.3 is 5.97 Å². The van der Waals surface area contributed by atoms with E-state index in [-0.39, 0.29) is 11.5 Å². The third kappa shape index (κ3) is 4.71. The van der Waals surface area contributed by atoms with E-state index in [0.29, 0.717) is 38.3 Å². The maximum atomic E-state index is 13.0. The van der Waals surface area contributed by atoms with Gasteiger partial charge in [-0.15, -0.1) is 0 Å². The first kappa shape index (κ1) is 21.1. The average molecular weight is 419 g/mol. The van der Waals surface area contributed by atoms with Crippen LogP contribution in [0.2, 0.25) is 0 Å². The first-order chi connectivity index (χ1) is 14.0. The van der Waals surface area contributed by atoms with Gasteiger partial charge < -0.3 is 14.4 Å². The SMILES string of the molecule is CCOC(=O)c1ccc(S(=O)(=O)N2CCN(c3ccccc3OCC)CC2)cc1. The lowest BCUT2D eigenvalue weighted by Gasteiger charge is -2.36. The highest BCUT2D eigenvalue weighted by atomic mass is 32.2. The number of piperazine rings is 1. The van der Waals surface area contributed by atoms with E-state index in [1.807, 2.05) is 31.2 Å². The molecule has 0 bridgehead atoms. The second kappa shape index (κ2) is 9.28. The number of sulfonamides is 1. The van der Waals surface area contributed by atoms with Crippen LogP contribution in [0.4, 0.5) is 5.69 Å². The van der Waals surface area contributed by atoms with Crippen molar-refractivity contribution in [2.45, 2.75) is 18.7 Å². The van der Waals surface area contributed by atoms with Crippen molar-refractivity contribution in [3.05, 3.63) is 54.1 Å². The minimum absolute atomic E-state index is 0.175. The largest absolute Gasteiger partial charge is 0.492 e. The van der Waals surface area contributed by atoms with Crippen molar-refractivity contribution >= 4 is 21.7 Å². The first-order valence-corrected chi connectivity index (χ1v) is 11.2. The second-order valence-corrected chi connectivity index (χ2v) is 8.47. The van der Waals surface area contributed by atoms with E-state index in [4.69, 9.17) is 9.47 Å². The molecule has 1 heterocycles. The fraction of sp³-hybridized carbons (Fsp3) is 0.381. The topological polar surface area (TPSA) is 76.2 Å². The van der Waals surface area contributed by atoms with Crippen LogP contribution in [0.1, 0.15) is 24.2 Å². The molecule has 3 rings (SSSR count). The van der Waals surface area contributed by atoms with Crippen LogP contribution >= 0.6 is 0 Å². The van der Waals surface area contributed by atoms with E-state index < -0.39 is 16.0 Å². The van der Waals surface area contributed by atoms with Crippen molar-refractivity contribution in [1.82, 2.24) is 4.31 Å². The van der Waals surface area contributed by atoms with Crippen molar-refractivity contribution in [2.24, 2.45) is 0 Å². The average Bonchev–Trinajstić information content (AvgIpc) is 2.75. The molecule has 156 valence electrons. The maximum Gasteiger partial charge on any atom is 0.338 e. The van der Waals surface area contributed by atoms with Gasteiger partial charge in [0.15, 0.2) is 0 Å². The van der Waals surface area contributed by atoms with Crippen molar-refractivity contribution in [2.75, 3.05) is 44.3 Å². The number of hydrogen-bond acceptors (Lipinski definition) is 6. The van der Waals surface area contributed by atoms with Crippen molar-refractivity contribution in [1.29, 1.82) is 0 Å². The fourth-order valence-corrected chi connectivity index (χ4v) is 4.71. The Morgan fingerprint density at radius 1 is 0.931 bits per heavy atom. The molecule has 0 spiro atoms. The number of carbonyl (C=O) groups excluding carboxylic acids is 1. The Labute approximate surface area is 171 Å². The van der Waals surface area contributed by atoms with E-state index in [1.54, 1.807) is 6.92 Å². The number of rotatable bonds is 7. The molecular weight excluding hydrogens is 392 g/mol. The van der Waals surface area contributed by atoms with E-state index in [0.717, 1.165) is 11.4 Å². The molecule has 0 radical (unpaired) electrons. The summed E-state index contributed by atoms with van der Waals surface area (Å²) in [6.45, 7) is 6.42. The lowest BCUT2D eigenvalue weighted by molar-refractivity contribution is 0.0526. The fourth-order valence-electron chi connectivity index (χ4n) is 3.29. The van der Waals surface area contributed by atoms with Gasteiger partial charge in [0.25, 0.3) is 0 Å². The van der Waals surface area contributed by atoms with Crippen molar-refractivity contribution in [3.63, 3.8) is 0 Å². The van der Waals surface area contributed by atoms with Gasteiger partial charge in [-0.2, -0.15) is 4.31 Å². The summed E-state index contributed by atoms with van der Waals surface area (Å²) in [5, 5.41) is 0. The van der Waals surface area contributed by atoms with Crippen LogP contribution in [0.5, 0.6) is 5.75 Å². The number of benzene rings is 2. The molecule has 2 aromatic carbocycles. The number of ether oxygens (including phenoxy) is 2. The van der Waals surface area contributed by atoms with Gasteiger partial charge in [0.1, 0.15) is 5.75 Å². The van der Waals surface area contributed by atoms with E-state index in [1.165, 1.54) is 28.6 Å². The number of esters is 1. The third-order valence-electron chi connectivity index (χ3n) is 4.75. The van der Waals surface area contributed by atoms with Gasteiger partial charge in [0, 0.05) is 26.2 Å². The zero-order chi connectivity index (χ0) is 20.9. The minimum atomic E-state index is -3.62. The Bertz CT molecular complexity index is 936. The van der Waals surface area contributed by atoms with E-state index in [9.17, 15) is 13.2 Å². The van der Waals surface area contributed by atoms with Crippen LogP contribution in [0.25, 0.3) is 0 Å². The Kier molecular flexibility index (Phi) is 6.76. The summed E-state index contributed by atoms with van der Waals surface area (Å²) in [6.07, 6.45) is 0. The summed E-state index contributed by atoms with van der Waals surface area (Å²) in [5.41, 5.74) is 1.31. The minimum Gasteiger partial charge on any atom is -0.492 e. The lowest BCUT2D eigenvalue weighted by Crippen LogP contribution is -2.48. The summed E-state index contributed by atoms with van der Waals surface area (Å²) in [7, 11) is -3.62. The molecule has 8 heteroatoms. The standard InChI is InChI=1S/C21H26N2O5S/c1-3-27-20-8-6-5-7-19(20)22-13-15-23(16-14-22)29(25,26)18-11-9-17(10-12-18)21(24)28-4-2/h5-12H,3-4,13-16H2,1-2H3. The molecule has 2 aromatic rings. The second-order valence-electron chi connectivity index (χ2n) is 6.54. The first-order valence-electron chi connectivity index (χ1n) is 9.71. The highest BCUT2D eigenvalue weighted by Gasteiger charge is 2.29. The molecule has 1 saturated heterocycles. The van der Waals surface area contributed by atoms with Crippen molar-refractivity contribution in [3.8, 4) is 5.75 Å². The molecule has 7 nitrogen and oxygen atoms in total. The zero-order valence-corrected chi connectivity index (χ0v) is 17.5. The number of nitrogens with zero attached hydrogens (tertiary/aromatic N) is 2. The molecule has 0 atom stereocenters. The molecule has 1 fully saturated rings. The van der Waals surface area contributed by atoms with Crippen LogP contribution < -0.4 is 9.64 Å². The summed E-state index contributed by atoms with van der Waals surface area (Å²) >= 11 is 0. The number of para-hydroxylation sites is 2. The predicted octanol–water partition coefficient (Wildman–Crippen LogP) is 2.77. The Morgan fingerprint density at radius 2 is 1.59 bits per heavy atom. The third-order valence-corrected chi connectivity index (χ3v) is 6.66. The monoisotopic (exact) mass is 418 g/mol. The molecule has 0 unspecified atom stereocenters. The zero-order valence-electron chi connectivity index (χ0n) is 16.7. The van der Waals surface area contributed by atoms with Crippen LogP contribution in [-0.4, -0.2) is 58.1 Å². The number of carbonyl (C=O) groups is 1. The lowest BCUT2D eigenvalue weighted by atomic mass is 10.2. The van der Waals surface area contributed by atoms with Crippen LogP contribution in [0.15, 0.2) is 53.4 Å². The van der Waals surface area contributed by atoms with Gasteiger partial charge in [-0.1, -0.05) is 12.1 Å². The van der Waals surface area contributed by atoms with Gasteiger partial charge in [-0.05, 0) is 50.2 Å². The van der Waals surface area contributed by atoms with Gasteiger partial charge in [0.05, 0.1) is 29.4 Å². The Morgan fingerprint density at radius 3 is 2.21 bits per heavy atom. The summed E-state index contributed by atoms with van der Waals surface area (Å²) in [4.78, 5) is 14.1. The van der Waals surface area contributed by atoms with Gasteiger partial charge in [-0.3, -0.25) is 0 Å². The van der Waals surface area contributed by atoms with E-state index in [2.05, 4.69) is 4.90 Å². The van der Waals surface area contributed by atoms with Gasteiger partial charge in [-0.25, -0.2) is 13.2 Å². The Balaban J connectivity index is 1.69. The molecule has 0 aromatic heterocycles. The molecule has 29 heavy (non-hydrogen) atoms. The molecule has 0 N–H and O–H groups in total. The molecule has 1 aliphatic heterocycles. The van der Waals surface area contributed by atoms with Gasteiger partial charge in [0.2, 0.25) is 10.0 Å². The maximum absolute atomic E-state index is 13.0. The highest BCUT2D eigenvalue weighted by Crippen LogP contribution is 2.29. The Hall–Kier alpha value is -2.58. The summed E-state index contributed by atoms with van der Waals surface area (Å²) < 4.78 is 38.1. The smallest absolute Gasteiger partial charge is 0.338 e. The highest BCUT2D eigenvalue weighted by molar-refractivity contribution is 7.89. The molecular formula is C21H26N2O5S. The molecule has 0 saturated carbocycles. The number of hydrogen-bond donors (Lipinski definition) is 0. The summed E-state index contributed by atoms with van der Waals surface area (Å²) in [5.74, 6) is 0.346. The molecule has 0 aliphatic carbocycles. The number of anilines is 1. The van der Waals surface area contributed by atoms with Crippen LogP contribution in [-0.2, 0) is 14.8 Å². The quantitative estimate of drug-likeness (QED) is 0.644. The predicted molar refractivity (Wildman–Crippen MR) is 111 cm³/mol.